The number of imide groups is 1. The first-order valence-electron chi connectivity index (χ1n) is 9.62. The van der Waals surface area contributed by atoms with Crippen LogP contribution in [0.25, 0.3) is 5.57 Å². The summed E-state index contributed by atoms with van der Waals surface area (Å²) in [7, 11) is 0. The van der Waals surface area contributed by atoms with Crippen molar-refractivity contribution in [2.45, 2.75) is 26.8 Å². The van der Waals surface area contributed by atoms with Crippen molar-refractivity contribution in [1.29, 1.82) is 0 Å². The molecule has 2 heterocycles. The molecule has 0 radical (unpaired) electrons. The van der Waals surface area contributed by atoms with Gasteiger partial charge in [-0.1, -0.05) is 55.0 Å². The molecule has 0 saturated heterocycles. The molecule has 2 amide bonds. The molecule has 1 aliphatic heterocycles. The summed E-state index contributed by atoms with van der Waals surface area (Å²) in [5.74, 6) is -0.552. The van der Waals surface area contributed by atoms with Gasteiger partial charge >= 0.3 is 0 Å². The number of nitrogens with one attached hydrogen (secondary N) is 1. The second-order valence-electron chi connectivity index (χ2n) is 7.08. The van der Waals surface area contributed by atoms with Gasteiger partial charge in [-0.2, -0.15) is 0 Å². The maximum Gasteiger partial charge on any atom is 0.278 e. The number of benzene rings is 2. The first-order chi connectivity index (χ1) is 14.1. The Labute approximate surface area is 174 Å². The van der Waals surface area contributed by atoms with E-state index in [0.29, 0.717) is 11.3 Å². The van der Waals surface area contributed by atoms with Crippen LogP contribution in [0.3, 0.4) is 0 Å². The maximum atomic E-state index is 13.2. The number of thiophene rings is 1. The lowest BCUT2D eigenvalue weighted by Crippen LogP contribution is -2.31. The smallest absolute Gasteiger partial charge is 0.278 e. The van der Waals surface area contributed by atoms with Crippen molar-refractivity contribution >= 4 is 34.4 Å². The summed E-state index contributed by atoms with van der Waals surface area (Å²) in [4.78, 5) is 28.5. The van der Waals surface area contributed by atoms with E-state index < -0.39 is 0 Å². The van der Waals surface area contributed by atoms with E-state index in [1.165, 1.54) is 21.8 Å². The Bertz CT molecular complexity index is 1070. The van der Waals surface area contributed by atoms with Crippen LogP contribution in [-0.4, -0.2) is 16.7 Å². The van der Waals surface area contributed by atoms with Crippen LogP contribution in [0, 0.1) is 6.92 Å². The Kier molecular flexibility index (Phi) is 5.32. The maximum absolute atomic E-state index is 13.2. The van der Waals surface area contributed by atoms with E-state index in [9.17, 15) is 9.59 Å². The zero-order valence-electron chi connectivity index (χ0n) is 16.4. The monoisotopic (exact) mass is 402 g/mol. The molecule has 4 rings (SSSR count). The van der Waals surface area contributed by atoms with E-state index in [4.69, 9.17) is 0 Å². The molecule has 1 aromatic heterocycles. The minimum absolute atomic E-state index is 0.257. The molecule has 0 aliphatic carbocycles. The predicted molar refractivity (Wildman–Crippen MR) is 117 cm³/mol. The number of carbonyl (C=O) groups excluding carboxylic acids is 2. The van der Waals surface area contributed by atoms with Gasteiger partial charge in [0.25, 0.3) is 11.8 Å². The molecule has 1 aliphatic rings. The van der Waals surface area contributed by atoms with Crippen molar-refractivity contribution < 1.29 is 9.59 Å². The average Bonchev–Trinajstić information content (AvgIpc) is 3.33. The zero-order valence-corrected chi connectivity index (χ0v) is 17.3. The molecule has 29 heavy (non-hydrogen) atoms. The highest BCUT2D eigenvalue weighted by atomic mass is 32.1. The Hall–Kier alpha value is -3.18. The fourth-order valence-electron chi connectivity index (χ4n) is 3.33. The van der Waals surface area contributed by atoms with Crippen LogP contribution in [0.15, 0.2) is 71.7 Å². The van der Waals surface area contributed by atoms with E-state index >= 15 is 0 Å². The largest absolute Gasteiger partial charge is 0.350 e. The lowest BCUT2D eigenvalue weighted by Gasteiger charge is -2.15. The van der Waals surface area contributed by atoms with Crippen molar-refractivity contribution in [3.8, 4) is 0 Å². The third kappa shape index (κ3) is 3.87. The fourth-order valence-corrected chi connectivity index (χ4v) is 4.10. The van der Waals surface area contributed by atoms with E-state index in [0.717, 1.165) is 28.1 Å². The topological polar surface area (TPSA) is 49.4 Å². The molecule has 0 spiro atoms. The summed E-state index contributed by atoms with van der Waals surface area (Å²) in [6.07, 6.45) is 0.950. The van der Waals surface area contributed by atoms with E-state index in [-0.39, 0.29) is 18.4 Å². The van der Waals surface area contributed by atoms with Gasteiger partial charge < -0.3 is 5.32 Å². The van der Waals surface area contributed by atoms with E-state index in [1.54, 1.807) is 0 Å². The molecule has 146 valence electrons. The normalized spacial score (nSPS) is 14.1. The lowest BCUT2D eigenvalue weighted by molar-refractivity contribution is -0.137. The molecule has 0 fully saturated rings. The van der Waals surface area contributed by atoms with Crippen LogP contribution in [0.4, 0.5) is 5.69 Å². The fraction of sp³-hybridized carbons (Fsp3) is 0.167. The number of amides is 2. The van der Waals surface area contributed by atoms with Crippen LogP contribution in [0.5, 0.6) is 0 Å². The molecule has 0 unspecified atom stereocenters. The SMILES string of the molecule is CCc1ccc(NC2=C(c3cccs3)C(=O)N(Cc3ccc(C)cc3)C2=O)cc1. The van der Waals surface area contributed by atoms with Crippen LogP contribution < -0.4 is 5.32 Å². The molecule has 3 aromatic rings. The quantitative estimate of drug-likeness (QED) is 0.590. The minimum Gasteiger partial charge on any atom is -0.350 e. The van der Waals surface area contributed by atoms with Crippen molar-refractivity contribution in [3.05, 3.63) is 93.3 Å². The molecular weight excluding hydrogens is 380 g/mol. The van der Waals surface area contributed by atoms with Gasteiger partial charge in [0, 0.05) is 10.6 Å². The standard InChI is InChI=1S/C24H22N2O2S/c1-3-17-10-12-19(13-11-17)25-22-21(20-5-4-14-29-20)23(27)26(24(22)28)15-18-8-6-16(2)7-9-18/h4-14,25H,3,15H2,1-2H3. The molecule has 5 heteroatoms. The van der Waals surface area contributed by atoms with Crippen molar-refractivity contribution in [3.63, 3.8) is 0 Å². The molecule has 2 aromatic carbocycles. The first kappa shape index (κ1) is 19.2. The summed E-state index contributed by atoms with van der Waals surface area (Å²) in [5, 5.41) is 5.12. The molecule has 0 bridgehead atoms. The van der Waals surface area contributed by atoms with Crippen LogP contribution in [-0.2, 0) is 22.6 Å². The van der Waals surface area contributed by atoms with Crippen LogP contribution in [0.2, 0.25) is 0 Å². The second kappa shape index (κ2) is 8.05. The van der Waals surface area contributed by atoms with Gasteiger partial charge in [-0.15, -0.1) is 11.3 Å². The third-order valence-corrected chi connectivity index (χ3v) is 5.92. The number of nitrogens with zero attached hydrogens (tertiary/aromatic N) is 1. The number of carbonyl (C=O) groups is 2. The zero-order chi connectivity index (χ0) is 20.4. The van der Waals surface area contributed by atoms with Gasteiger partial charge in [-0.05, 0) is 48.1 Å². The molecule has 1 N–H and O–H groups in total. The highest BCUT2D eigenvalue weighted by Crippen LogP contribution is 2.33. The highest BCUT2D eigenvalue weighted by Gasteiger charge is 2.39. The van der Waals surface area contributed by atoms with Crippen molar-refractivity contribution in [2.75, 3.05) is 5.32 Å². The second-order valence-corrected chi connectivity index (χ2v) is 8.03. The Morgan fingerprint density at radius 2 is 1.59 bits per heavy atom. The van der Waals surface area contributed by atoms with Gasteiger partial charge in [0.2, 0.25) is 0 Å². The molecule has 0 saturated carbocycles. The minimum atomic E-state index is -0.293. The van der Waals surface area contributed by atoms with Crippen LogP contribution in [0.1, 0.15) is 28.5 Å². The number of rotatable bonds is 6. The summed E-state index contributed by atoms with van der Waals surface area (Å²) < 4.78 is 0. The van der Waals surface area contributed by atoms with Crippen molar-refractivity contribution in [1.82, 2.24) is 4.90 Å². The molecular formula is C24H22N2O2S. The summed E-state index contributed by atoms with van der Waals surface area (Å²) >= 11 is 1.46. The summed E-state index contributed by atoms with van der Waals surface area (Å²) in [6.45, 7) is 4.37. The van der Waals surface area contributed by atoms with Gasteiger partial charge in [0.05, 0.1) is 12.1 Å². The number of anilines is 1. The number of hydrogen-bond donors (Lipinski definition) is 1. The third-order valence-electron chi connectivity index (χ3n) is 5.03. The Morgan fingerprint density at radius 1 is 0.897 bits per heavy atom. The van der Waals surface area contributed by atoms with E-state index in [2.05, 4.69) is 12.2 Å². The first-order valence-corrected chi connectivity index (χ1v) is 10.5. The lowest BCUT2D eigenvalue weighted by atomic mass is 10.1. The number of aryl methyl sites for hydroxylation is 2. The summed E-state index contributed by atoms with van der Waals surface area (Å²) in [6, 6.07) is 19.6. The molecule has 0 atom stereocenters. The molecule has 4 nitrogen and oxygen atoms in total. The van der Waals surface area contributed by atoms with Gasteiger partial charge in [0.15, 0.2) is 0 Å². The predicted octanol–water partition coefficient (Wildman–Crippen LogP) is 5.01. The van der Waals surface area contributed by atoms with Gasteiger partial charge in [-0.25, -0.2) is 0 Å². The van der Waals surface area contributed by atoms with Crippen molar-refractivity contribution in [2.24, 2.45) is 0 Å². The number of hydrogen-bond acceptors (Lipinski definition) is 4. The average molecular weight is 403 g/mol. The highest BCUT2D eigenvalue weighted by molar-refractivity contribution is 7.11. The summed E-state index contributed by atoms with van der Waals surface area (Å²) in [5.41, 5.74) is 4.87. The van der Waals surface area contributed by atoms with Crippen LogP contribution >= 0.6 is 11.3 Å². The van der Waals surface area contributed by atoms with E-state index in [1.807, 2.05) is 73.0 Å². The Morgan fingerprint density at radius 3 is 2.21 bits per heavy atom. The Balaban J connectivity index is 1.67. The van der Waals surface area contributed by atoms with Gasteiger partial charge in [-0.3, -0.25) is 14.5 Å². The van der Waals surface area contributed by atoms with Gasteiger partial charge in [0.1, 0.15) is 5.70 Å².